The lowest BCUT2D eigenvalue weighted by Crippen LogP contribution is -2.25. The van der Waals surface area contributed by atoms with E-state index in [0.29, 0.717) is 0 Å². The van der Waals surface area contributed by atoms with E-state index in [2.05, 4.69) is 4.90 Å². The van der Waals surface area contributed by atoms with Gasteiger partial charge < -0.3 is 10.6 Å². The van der Waals surface area contributed by atoms with Crippen LogP contribution in [-0.2, 0) is 6.18 Å². The molecule has 0 unspecified atom stereocenters. The molecule has 0 spiro atoms. The Morgan fingerprint density at radius 3 is 2.06 bits per heavy atom. The second-order valence-corrected chi connectivity index (χ2v) is 4.26. The van der Waals surface area contributed by atoms with Crippen LogP contribution in [0.4, 0.5) is 24.5 Å². The zero-order chi connectivity index (χ0) is 13.8. The van der Waals surface area contributed by atoms with Crippen molar-refractivity contribution >= 4 is 11.4 Å². The summed E-state index contributed by atoms with van der Waals surface area (Å²) >= 11 is 0. The minimum atomic E-state index is -4.39. The molecule has 0 amide bonds. The second kappa shape index (κ2) is 5.98. The minimum absolute atomic E-state index is 0.211. The first-order valence-electron chi connectivity index (χ1n) is 6.11. The van der Waals surface area contributed by atoms with Crippen molar-refractivity contribution in [3.63, 3.8) is 0 Å². The van der Waals surface area contributed by atoms with Gasteiger partial charge in [0.25, 0.3) is 0 Å². The monoisotopic (exact) mass is 260 g/mol. The molecule has 0 saturated carbocycles. The van der Waals surface area contributed by atoms with Crippen molar-refractivity contribution in [2.24, 2.45) is 0 Å². The summed E-state index contributed by atoms with van der Waals surface area (Å²) in [5.41, 5.74) is 5.27. The maximum absolute atomic E-state index is 12.6. The van der Waals surface area contributed by atoms with Crippen molar-refractivity contribution in [3.05, 3.63) is 23.8 Å². The van der Waals surface area contributed by atoms with Crippen molar-refractivity contribution in [3.8, 4) is 0 Å². The van der Waals surface area contributed by atoms with Crippen LogP contribution in [0.25, 0.3) is 0 Å². The molecule has 2 N–H and O–H groups in total. The molecule has 0 aliphatic rings. The van der Waals surface area contributed by atoms with Crippen LogP contribution >= 0.6 is 0 Å². The van der Waals surface area contributed by atoms with Crippen LogP contribution in [0, 0.1) is 0 Å². The van der Waals surface area contributed by atoms with Crippen molar-refractivity contribution in [1.82, 2.24) is 0 Å². The van der Waals surface area contributed by atoms with Crippen LogP contribution in [0.5, 0.6) is 0 Å². The van der Waals surface area contributed by atoms with Gasteiger partial charge >= 0.3 is 6.18 Å². The van der Waals surface area contributed by atoms with E-state index in [9.17, 15) is 13.2 Å². The Morgan fingerprint density at radius 2 is 1.67 bits per heavy atom. The fraction of sp³-hybridized carbons (Fsp3) is 0.538. The molecule has 2 nitrogen and oxygen atoms in total. The van der Waals surface area contributed by atoms with E-state index in [4.69, 9.17) is 5.73 Å². The molecule has 0 bridgehead atoms. The molecule has 0 aliphatic carbocycles. The zero-order valence-corrected chi connectivity index (χ0v) is 10.7. The van der Waals surface area contributed by atoms with Gasteiger partial charge in [-0.15, -0.1) is 0 Å². The number of halogens is 3. The number of nitrogens with two attached hydrogens (primary N) is 1. The first-order chi connectivity index (χ1) is 8.40. The standard InChI is InChI=1S/C13H19F3N2/c1-3-7-18(8-4-2)10-5-6-11(12(17)9-10)13(14,15)16/h5-6,9H,3-4,7-8,17H2,1-2H3. The summed E-state index contributed by atoms with van der Waals surface area (Å²) in [4.78, 5) is 2.05. The maximum Gasteiger partial charge on any atom is 0.418 e. The van der Waals surface area contributed by atoms with E-state index in [1.54, 1.807) is 0 Å². The average Bonchev–Trinajstić information content (AvgIpc) is 2.27. The van der Waals surface area contributed by atoms with Crippen LogP contribution in [0.3, 0.4) is 0 Å². The fourth-order valence-electron chi connectivity index (χ4n) is 1.91. The lowest BCUT2D eigenvalue weighted by Gasteiger charge is -2.24. The van der Waals surface area contributed by atoms with Gasteiger partial charge in [-0.2, -0.15) is 13.2 Å². The van der Waals surface area contributed by atoms with Gasteiger partial charge in [0, 0.05) is 24.5 Å². The van der Waals surface area contributed by atoms with Crippen molar-refractivity contribution < 1.29 is 13.2 Å². The Labute approximate surface area is 106 Å². The van der Waals surface area contributed by atoms with E-state index in [-0.39, 0.29) is 5.69 Å². The summed E-state index contributed by atoms with van der Waals surface area (Å²) in [5, 5.41) is 0. The highest BCUT2D eigenvalue weighted by Crippen LogP contribution is 2.35. The lowest BCUT2D eigenvalue weighted by molar-refractivity contribution is -0.136. The zero-order valence-electron chi connectivity index (χ0n) is 10.7. The summed E-state index contributed by atoms with van der Waals surface area (Å²) in [6.07, 6.45) is -2.50. The molecular weight excluding hydrogens is 241 g/mol. The Morgan fingerprint density at radius 1 is 1.11 bits per heavy atom. The highest BCUT2D eigenvalue weighted by molar-refractivity contribution is 5.61. The molecule has 1 rings (SSSR count). The van der Waals surface area contributed by atoms with Crippen LogP contribution in [0.2, 0.25) is 0 Å². The molecule has 0 aromatic heterocycles. The summed E-state index contributed by atoms with van der Waals surface area (Å²) in [6, 6.07) is 3.96. The number of hydrogen-bond donors (Lipinski definition) is 1. The summed E-state index contributed by atoms with van der Waals surface area (Å²) < 4.78 is 37.8. The number of nitrogen functional groups attached to an aromatic ring is 1. The Hall–Kier alpha value is -1.39. The van der Waals surface area contributed by atoms with Gasteiger partial charge in [-0.1, -0.05) is 13.8 Å². The quantitative estimate of drug-likeness (QED) is 0.813. The van der Waals surface area contributed by atoms with Crippen LogP contribution < -0.4 is 10.6 Å². The number of anilines is 2. The molecule has 5 heteroatoms. The van der Waals surface area contributed by atoms with Gasteiger partial charge in [-0.05, 0) is 31.0 Å². The molecule has 1 aromatic rings. The Balaban J connectivity index is 3.01. The Bertz CT molecular complexity index is 382. The third-order valence-corrected chi connectivity index (χ3v) is 2.69. The molecule has 1 aromatic carbocycles. The van der Waals surface area contributed by atoms with Gasteiger partial charge in [0.1, 0.15) is 0 Å². The highest BCUT2D eigenvalue weighted by Gasteiger charge is 2.32. The van der Waals surface area contributed by atoms with E-state index >= 15 is 0 Å². The normalized spacial score (nSPS) is 11.6. The van der Waals surface area contributed by atoms with Crippen LogP contribution in [0.1, 0.15) is 32.3 Å². The van der Waals surface area contributed by atoms with E-state index in [1.807, 2.05) is 13.8 Å². The molecule has 0 heterocycles. The highest BCUT2D eigenvalue weighted by atomic mass is 19.4. The van der Waals surface area contributed by atoms with Gasteiger partial charge in [0.05, 0.1) is 5.56 Å². The molecular formula is C13H19F3N2. The smallest absolute Gasteiger partial charge is 0.398 e. The molecule has 0 fully saturated rings. The minimum Gasteiger partial charge on any atom is -0.398 e. The largest absolute Gasteiger partial charge is 0.418 e. The molecule has 18 heavy (non-hydrogen) atoms. The molecule has 0 saturated heterocycles. The van der Waals surface area contributed by atoms with Crippen LogP contribution in [-0.4, -0.2) is 13.1 Å². The van der Waals surface area contributed by atoms with E-state index < -0.39 is 11.7 Å². The summed E-state index contributed by atoms with van der Waals surface area (Å²) in [5.74, 6) is 0. The maximum atomic E-state index is 12.6. The van der Waals surface area contributed by atoms with Gasteiger partial charge in [0.2, 0.25) is 0 Å². The summed E-state index contributed by atoms with van der Waals surface area (Å²) in [7, 11) is 0. The fourth-order valence-corrected chi connectivity index (χ4v) is 1.91. The lowest BCUT2D eigenvalue weighted by atomic mass is 10.1. The summed E-state index contributed by atoms with van der Waals surface area (Å²) in [6.45, 7) is 5.71. The van der Waals surface area contributed by atoms with E-state index in [1.165, 1.54) is 12.1 Å². The van der Waals surface area contributed by atoms with Gasteiger partial charge in [0.15, 0.2) is 0 Å². The first kappa shape index (κ1) is 14.7. The number of nitrogens with zero attached hydrogens (tertiary/aromatic N) is 1. The number of benzene rings is 1. The Kier molecular flexibility index (Phi) is 4.87. The third kappa shape index (κ3) is 3.55. The SMILES string of the molecule is CCCN(CCC)c1ccc(C(F)(F)F)c(N)c1. The molecule has 102 valence electrons. The van der Waals surface area contributed by atoms with Crippen molar-refractivity contribution in [2.75, 3.05) is 23.7 Å². The van der Waals surface area contributed by atoms with Crippen molar-refractivity contribution in [1.29, 1.82) is 0 Å². The molecule has 0 radical (unpaired) electrons. The second-order valence-electron chi connectivity index (χ2n) is 4.26. The van der Waals surface area contributed by atoms with Crippen molar-refractivity contribution in [2.45, 2.75) is 32.9 Å². The van der Waals surface area contributed by atoms with E-state index in [0.717, 1.165) is 37.7 Å². The third-order valence-electron chi connectivity index (χ3n) is 2.69. The molecule has 0 aliphatic heterocycles. The number of hydrogen-bond acceptors (Lipinski definition) is 2. The number of rotatable bonds is 5. The number of alkyl halides is 3. The van der Waals surface area contributed by atoms with Gasteiger partial charge in [-0.25, -0.2) is 0 Å². The predicted octanol–water partition coefficient (Wildman–Crippen LogP) is 3.91. The first-order valence-corrected chi connectivity index (χ1v) is 6.11. The molecule has 0 atom stereocenters. The van der Waals surface area contributed by atoms with Gasteiger partial charge in [-0.3, -0.25) is 0 Å². The average molecular weight is 260 g/mol. The predicted molar refractivity (Wildman–Crippen MR) is 68.7 cm³/mol. The topological polar surface area (TPSA) is 29.3 Å². The van der Waals surface area contributed by atoms with Crippen LogP contribution in [0.15, 0.2) is 18.2 Å².